The van der Waals surface area contributed by atoms with Crippen LogP contribution < -0.4 is 5.32 Å². The second-order valence-corrected chi connectivity index (χ2v) is 7.81. The first kappa shape index (κ1) is 18.6. The molecule has 0 spiro atoms. The van der Waals surface area contributed by atoms with E-state index < -0.39 is 5.60 Å². The number of piperazine rings is 1. The number of ether oxygens (including phenoxy) is 1. The fourth-order valence-corrected chi connectivity index (χ4v) is 4.57. The quantitative estimate of drug-likeness (QED) is 0.813. The molecule has 1 aliphatic carbocycles. The van der Waals surface area contributed by atoms with Crippen molar-refractivity contribution in [2.75, 3.05) is 46.4 Å². The molecule has 1 saturated carbocycles. The number of carbonyl (C=O) groups excluding carboxylic acids is 2. The number of hydrogen-bond donors (Lipinski definition) is 1. The Hall–Kier alpha value is -1.14. The second-order valence-electron chi connectivity index (χ2n) is 7.81. The van der Waals surface area contributed by atoms with Crippen LogP contribution in [0.15, 0.2) is 0 Å². The molecule has 3 rings (SSSR count). The predicted molar refractivity (Wildman–Crippen MR) is 96.2 cm³/mol. The van der Waals surface area contributed by atoms with Crippen molar-refractivity contribution in [1.29, 1.82) is 0 Å². The maximum atomic E-state index is 13.0. The number of piperidine rings is 1. The molecule has 0 aromatic rings. The SMILES string of the molecule is COC1(C(=O)N2CCN(C(=O)CCC3CCCC3)CC2)CCNCC1. The van der Waals surface area contributed by atoms with E-state index in [1.165, 1.54) is 25.7 Å². The lowest BCUT2D eigenvalue weighted by atomic mass is 9.90. The van der Waals surface area contributed by atoms with Gasteiger partial charge < -0.3 is 19.9 Å². The van der Waals surface area contributed by atoms with Gasteiger partial charge in [0.05, 0.1) is 0 Å². The van der Waals surface area contributed by atoms with Gasteiger partial charge in [0.1, 0.15) is 5.60 Å². The second kappa shape index (κ2) is 8.49. The number of hydrogen-bond acceptors (Lipinski definition) is 4. The Labute approximate surface area is 151 Å². The van der Waals surface area contributed by atoms with Crippen LogP contribution in [0.5, 0.6) is 0 Å². The molecule has 2 amide bonds. The summed E-state index contributed by atoms with van der Waals surface area (Å²) in [4.78, 5) is 29.2. The van der Waals surface area contributed by atoms with Crippen LogP contribution in [0.4, 0.5) is 0 Å². The molecule has 142 valence electrons. The van der Waals surface area contributed by atoms with E-state index in [9.17, 15) is 9.59 Å². The van der Waals surface area contributed by atoms with Crippen LogP contribution in [0, 0.1) is 5.92 Å². The van der Waals surface area contributed by atoms with Crippen molar-refractivity contribution >= 4 is 11.8 Å². The Balaban J connectivity index is 1.45. The molecule has 1 N–H and O–H groups in total. The summed E-state index contributed by atoms with van der Waals surface area (Å²) >= 11 is 0. The Morgan fingerprint density at radius 3 is 2.24 bits per heavy atom. The first-order chi connectivity index (χ1) is 12.1. The third-order valence-electron chi connectivity index (χ3n) is 6.35. The first-order valence-electron chi connectivity index (χ1n) is 9.98. The lowest BCUT2D eigenvalue weighted by molar-refractivity contribution is -0.161. The molecule has 0 unspecified atom stereocenters. The monoisotopic (exact) mass is 351 g/mol. The van der Waals surface area contributed by atoms with Crippen molar-refractivity contribution in [2.45, 2.75) is 57.0 Å². The summed E-state index contributed by atoms with van der Waals surface area (Å²) in [6.45, 7) is 4.22. The maximum absolute atomic E-state index is 13.0. The molecule has 2 heterocycles. The van der Waals surface area contributed by atoms with Crippen LogP contribution in [0.2, 0.25) is 0 Å². The molecule has 0 aromatic heterocycles. The van der Waals surface area contributed by atoms with Crippen molar-refractivity contribution < 1.29 is 14.3 Å². The highest BCUT2D eigenvalue weighted by molar-refractivity contribution is 5.86. The van der Waals surface area contributed by atoms with Gasteiger partial charge in [-0.1, -0.05) is 25.7 Å². The molecule has 3 aliphatic rings. The van der Waals surface area contributed by atoms with E-state index in [1.807, 2.05) is 9.80 Å². The fourth-order valence-electron chi connectivity index (χ4n) is 4.57. The number of nitrogens with zero attached hydrogens (tertiary/aromatic N) is 2. The molecule has 0 aromatic carbocycles. The van der Waals surface area contributed by atoms with Gasteiger partial charge in [-0.3, -0.25) is 9.59 Å². The van der Waals surface area contributed by atoms with Crippen molar-refractivity contribution in [3.8, 4) is 0 Å². The third kappa shape index (κ3) is 4.34. The number of methoxy groups -OCH3 is 1. The Kier molecular flexibility index (Phi) is 6.34. The summed E-state index contributed by atoms with van der Waals surface area (Å²) in [6, 6.07) is 0. The smallest absolute Gasteiger partial charge is 0.255 e. The number of amides is 2. The summed E-state index contributed by atoms with van der Waals surface area (Å²) in [5.41, 5.74) is -0.667. The maximum Gasteiger partial charge on any atom is 0.255 e. The topological polar surface area (TPSA) is 61.9 Å². The van der Waals surface area contributed by atoms with E-state index in [0.717, 1.165) is 38.3 Å². The van der Waals surface area contributed by atoms with E-state index in [1.54, 1.807) is 7.11 Å². The molecule has 2 saturated heterocycles. The van der Waals surface area contributed by atoms with Crippen molar-refractivity contribution in [2.24, 2.45) is 5.92 Å². The normalized spacial score (nSPS) is 24.5. The van der Waals surface area contributed by atoms with Crippen molar-refractivity contribution in [3.05, 3.63) is 0 Å². The third-order valence-corrected chi connectivity index (χ3v) is 6.35. The van der Waals surface area contributed by atoms with Gasteiger partial charge in [-0.15, -0.1) is 0 Å². The lowest BCUT2D eigenvalue weighted by Gasteiger charge is -2.42. The molecule has 0 bridgehead atoms. The Bertz CT molecular complexity index is 463. The van der Waals surface area contributed by atoms with Gasteiger partial charge in [0, 0.05) is 39.7 Å². The zero-order chi connectivity index (χ0) is 17.7. The first-order valence-corrected chi connectivity index (χ1v) is 9.98. The van der Waals surface area contributed by atoms with Crippen molar-refractivity contribution in [1.82, 2.24) is 15.1 Å². The van der Waals surface area contributed by atoms with Crippen molar-refractivity contribution in [3.63, 3.8) is 0 Å². The molecule has 6 heteroatoms. The molecule has 25 heavy (non-hydrogen) atoms. The summed E-state index contributed by atoms with van der Waals surface area (Å²) in [5.74, 6) is 1.13. The molecule has 0 atom stereocenters. The fraction of sp³-hybridized carbons (Fsp3) is 0.895. The molecule has 6 nitrogen and oxygen atoms in total. The number of rotatable bonds is 5. The van der Waals surface area contributed by atoms with Crippen LogP contribution in [-0.2, 0) is 14.3 Å². The lowest BCUT2D eigenvalue weighted by Crippen LogP contribution is -2.59. The van der Waals surface area contributed by atoms with Gasteiger partial charge in [-0.05, 0) is 38.3 Å². The van der Waals surface area contributed by atoms with Crippen LogP contribution in [0.3, 0.4) is 0 Å². The summed E-state index contributed by atoms with van der Waals surface area (Å²) < 4.78 is 5.65. The van der Waals surface area contributed by atoms with Gasteiger partial charge in [-0.2, -0.15) is 0 Å². The Morgan fingerprint density at radius 2 is 1.64 bits per heavy atom. The molecular weight excluding hydrogens is 318 g/mol. The van der Waals surface area contributed by atoms with E-state index in [-0.39, 0.29) is 11.8 Å². The molecule has 2 aliphatic heterocycles. The molecule has 0 radical (unpaired) electrons. The van der Waals surface area contributed by atoms with Gasteiger partial charge in [0.25, 0.3) is 5.91 Å². The average Bonchev–Trinajstić information content (AvgIpc) is 3.20. The highest BCUT2D eigenvalue weighted by atomic mass is 16.5. The van der Waals surface area contributed by atoms with Gasteiger partial charge in [0.2, 0.25) is 5.91 Å². The van der Waals surface area contributed by atoms with Crippen LogP contribution in [0.25, 0.3) is 0 Å². The van der Waals surface area contributed by atoms with E-state index >= 15 is 0 Å². The highest BCUT2D eigenvalue weighted by Gasteiger charge is 2.43. The highest BCUT2D eigenvalue weighted by Crippen LogP contribution is 2.29. The Morgan fingerprint density at radius 1 is 1.04 bits per heavy atom. The van der Waals surface area contributed by atoms with Gasteiger partial charge in [-0.25, -0.2) is 0 Å². The zero-order valence-electron chi connectivity index (χ0n) is 15.6. The average molecular weight is 351 g/mol. The van der Waals surface area contributed by atoms with Crippen LogP contribution in [0.1, 0.15) is 51.4 Å². The summed E-state index contributed by atoms with van der Waals surface area (Å²) in [7, 11) is 1.64. The minimum absolute atomic E-state index is 0.106. The van der Waals surface area contributed by atoms with E-state index in [2.05, 4.69) is 5.32 Å². The molecule has 3 fully saturated rings. The van der Waals surface area contributed by atoms with E-state index in [0.29, 0.717) is 32.6 Å². The predicted octanol–water partition coefficient (Wildman–Crippen LogP) is 1.40. The standard InChI is InChI=1S/C19H33N3O3/c1-25-19(8-10-20-11-9-19)18(24)22-14-12-21(13-15-22)17(23)7-6-16-4-2-3-5-16/h16,20H,2-15H2,1H3. The largest absolute Gasteiger partial charge is 0.368 e. The van der Waals surface area contributed by atoms with E-state index in [4.69, 9.17) is 4.74 Å². The summed E-state index contributed by atoms with van der Waals surface area (Å²) in [6.07, 6.45) is 8.41. The minimum atomic E-state index is -0.667. The van der Waals surface area contributed by atoms with Crippen LogP contribution >= 0.6 is 0 Å². The summed E-state index contributed by atoms with van der Waals surface area (Å²) in [5, 5.41) is 3.29. The van der Waals surface area contributed by atoms with Crippen LogP contribution in [-0.4, -0.2) is 73.6 Å². The minimum Gasteiger partial charge on any atom is -0.368 e. The zero-order valence-corrected chi connectivity index (χ0v) is 15.6. The van der Waals surface area contributed by atoms with Gasteiger partial charge in [0.15, 0.2) is 0 Å². The molecular formula is C19H33N3O3. The van der Waals surface area contributed by atoms with Gasteiger partial charge >= 0.3 is 0 Å². The number of nitrogens with one attached hydrogen (secondary N) is 1. The number of carbonyl (C=O) groups is 2.